The molecular formula is C44H31N7O2. The second-order valence-corrected chi connectivity index (χ2v) is 12.6. The second kappa shape index (κ2) is 13.5. The third-order valence-electron chi connectivity index (χ3n) is 9.32. The fourth-order valence-corrected chi connectivity index (χ4v) is 6.87. The molecule has 7 aromatic rings. The number of hydrogen-bond acceptors (Lipinski definition) is 7. The summed E-state index contributed by atoms with van der Waals surface area (Å²) in [6.07, 6.45) is 19.3. The summed E-state index contributed by atoms with van der Waals surface area (Å²) in [6.45, 7) is 1.78. The van der Waals surface area contributed by atoms with E-state index < -0.39 is 0 Å². The van der Waals surface area contributed by atoms with Crippen LogP contribution >= 0.6 is 0 Å². The number of H-pyrrole nitrogens is 2. The Hall–Kier alpha value is -7.26. The average Bonchev–Trinajstić information content (AvgIpc) is 4.05. The number of aromatic amines is 2. The fraction of sp³-hybridized carbons (Fsp3) is 0.0455. The maximum atomic E-state index is 12.1. The SMILES string of the molecule is CCC(=O)Oc1ccc(-c2c3ccc([nH]3)c(-c3ccncc3)c3nc(c(-c4ccncc4)c4nc(c(-c5ccncc5)c5ccc2[nH]5)C=C4)C=C3)cc1. The van der Waals surface area contributed by atoms with E-state index in [0.717, 1.165) is 89.4 Å². The minimum absolute atomic E-state index is 0.282. The summed E-state index contributed by atoms with van der Waals surface area (Å²) < 4.78 is 5.51. The Bertz CT molecular complexity index is 2600. The van der Waals surface area contributed by atoms with Gasteiger partial charge in [-0.25, -0.2) is 9.97 Å². The molecule has 1 aromatic carbocycles. The van der Waals surface area contributed by atoms with E-state index in [1.54, 1.807) is 44.1 Å². The Morgan fingerprint density at radius 2 is 0.830 bits per heavy atom. The molecule has 9 heteroatoms. The van der Waals surface area contributed by atoms with Crippen molar-refractivity contribution in [1.29, 1.82) is 0 Å². The quantitative estimate of drug-likeness (QED) is 0.132. The molecule has 0 fully saturated rings. The van der Waals surface area contributed by atoms with Gasteiger partial charge in [0.05, 0.1) is 22.8 Å². The van der Waals surface area contributed by atoms with Crippen molar-refractivity contribution < 1.29 is 9.53 Å². The van der Waals surface area contributed by atoms with Gasteiger partial charge in [-0.2, -0.15) is 0 Å². The van der Waals surface area contributed by atoms with Gasteiger partial charge in [0.25, 0.3) is 0 Å². The van der Waals surface area contributed by atoms with E-state index in [4.69, 9.17) is 14.7 Å². The zero-order chi connectivity index (χ0) is 35.7. The van der Waals surface area contributed by atoms with Gasteiger partial charge in [-0.1, -0.05) is 19.1 Å². The molecule has 2 aliphatic rings. The molecule has 8 bridgehead atoms. The summed E-state index contributed by atoms with van der Waals surface area (Å²) in [4.78, 5) is 43.0. The topological polar surface area (TPSA) is 122 Å². The minimum atomic E-state index is -0.282. The molecule has 0 unspecified atom stereocenters. The summed E-state index contributed by atoms with van der Waals surface area (Å²) in [6, 6.07) is 27.9. The van der Waals surface area contributed by atoms with E-state index in [1.165, 1.54) is 0 Å². The lowest BCUT2D eigenvalue weighted by Crippen LogP contribution is -2.05. The lowest BCUT2D eigenvalue weighted by atomic mass is 10.0. The van der Waals surface area contributed by atoms with Crippen LogP contribution in [0.15, 0.2) is 122 Å². The van der Waals surface area contributed by atoms with Gasteiger partial charge < -0.3 is 14.7 Å². The first-order valence-corrected chi connectivity index (χ1v) is 17.3. The fourth-order valence-electron chi connectivity index (χ4n) is 6.87. The normalized spacial score (nSPS) is 11.9. The van der Waals surface area contributed by atoms with E-state index in [9.17, 15) is 4.79 Å². The van der Waals surface area contributed by atoms with Crippen LogP contribution in [-0.4, -0.2) is 40.9 Å². The van der Waals surface area contributed by atoms with Crippen molar-refractivity contribution in [3.8, 4) is 50.3 Å². The Labute approximate surface area is 304 Å². The van der Waals surface area contributed by atoms with E-state index in [0.29, 0.717) is 12.2 Å². The van der Waals surface area contributed by atoms with Crippen LogP contribution in [0.25, 0.3) is 90.9 Å². The highest BCUT2D eigenvalue weighted by molar-refractivity contribution is 6.00. The zero-order valence-corrected chi connectivity index (χ0v) is 28.6. The van der Waals surface area contributed by atoms with Gasteiger partial charge >= 0.3 is 5.97 Å². The van der Waals surface area contributed by atoms with Crippen molar-refractivity contribution in [1.82, 2.24) is 34.9 Å². The molecule has 9 rings (SSSR count). The van der Waals surface area contributed by atoms with Crippen LogP contribution in [-0.2, 0) is 4.79 Å². The standard InChI is InChI=1S/C44H31N7O2/c1-2-40(52)53-31-5-3-27(4-6-31)41-32-7-9-34(48-32)42(28-15-21-45-22-16-28)36-11-13-38(50-36)44(30-19-25-47-26-20-30)39-14-12-37(51-39)43(29-17-23-46-24-18-29)35-10-8-33(41)49-35/h3-26,48-49H,2H2,1H3. The molecule has 0 spiro atoms. The molecule has 2 aliphatic heterocycles. The largest absolute Gasteiger partial charge is 0.427 e. The van der Waals surface area contributed by atoms with Crippen molar-refractivity contribution in [2.45, 2.75) is 13.3 Å². The number of rotatable bonds is 6. The Morgan fingerprint density at radius 3 is 1.25 bits per heavy atom. The molecule has 53 heavy (non-hydrogen) atoms. The van der Waals surface area contributed by atoms with Gasteiger partial charge in [-0.15, -0.1) is 0 Å². The summed E-state index contributed by atoms with van der Waals surface area (Å²) >= 11 is 0. The smallest absolute Gasteiger partial charge is 0.310 e. The van der Waals surface area contributed by atoms with E-state index >= 15 is 0 Å². The lowest BCUT2D eigenvalue weighted by molar-refractivity contribution is -0.134. The lowest BCUT2D eigenvalue weighted by Gasteiger charge is -2.07. The first kappa shape index (κ1) is 31.7. The van der Waals surface area contributed by atoms with E-state index in [2.05, 4.69) is 73.5 Å². The van der Waals surface area contributed by atoms with Crippen LogP contribution in [0.5, 0.6) is 5.75 Å². The van der Waals surface area contributed by atoms with Crippen molar-refractivity contribution in [3.63, 3.8) is 0 Å². The molecule has 0 atom stereocenters. The highest BCUT2D eigenvalue weighted by Gasteiger charge is 2.19. The predicted octanol–water partition coefficient (Wildman–Crippen LogP) is 9.82. The van der Waals surface area contributed by atoms with Crippen LogP contribution in [0.3, 0.4) is 0 Å². The third kappa shape index (κ3) is 6.00. The van der Waals surface area contributed by atoms with Gasteiger partial charge in [0, 0.05) is 87.9 Å². The number of fused-ring (bicyclic) bond motifs is 8. The molecule has 9 nitrogen and oxygen atoms in total. The molecule has 0 amide bonds. The van der Waals surface area contributed by atoms with Gasteiger partial charge in [0.1, 0.15) is 5.75 Å². The van der Waals surface area contributed by atoms with E-state index in [-0.39, 0.29) is 5.97 Å². The Balaban J connectivity index is 1.42. The maximum absolute atomic E-state index is 12.1. The molecule has 6 aromatic heterocycles. The number of nitrogens with zero attached hydrogens (tertiary/aromatic N) is 5. The van der Waals surface area contributed by atoms with Gasteiger partial charge in [-0.05, 0) is 119 Å². The number of benzene rings is 1. The summed E-state index contributed by atoms with van der Waals surface area (Å²) in [5.41, 5.74) is 14.3. The number of pyridine rings is 3. The number of carbonyl (C=O) groups excluding carboxylic acids is 1. The monoisotopic (exact) mass is 689 g/mol. The van der Waals surface area contributed by atoms with Crippen molar-refractivity contribution in [2.75, 3.05) is 0 Å². The molecule has 0 saturated heterocycles. The number of hydrogen-bond donors (Lipinski definition) is 2. The molecular weight excluding hydrogens is 659 g/mol. The molecule has 8 heterocycles. The van der Waals surface area contributed by atoms with Crippen molar-refractivity contribution >= 4 is 52.3 Å². The third-order valence-corrected chi connectivity index (χ3v) is 9.32. The molecule has 0 saturated carbocycles. The van der Waals surface area contributed by atoms with Gasteiger partial charge in [0.15, 0.2) is 0 Å². The zero-order valence-electron chi connectivity index (χ0n) is 28.6. The first-order chi connectivity index (χ1) is 26.1. The molecule has 2 N–H and O–H groups in total. The van der Waals surface area contributed by atoms with E-state index in [1.807, 2.05) is 60.7 Å². The van der Waals surface area contributed by atoms with Crippen LogP contribution in [0.2, 0.25) is 0 Å². The molecule has 254 valence electrons. The van der Waals surface area contributed by atoms with Crippen LogP contribution in [0.1, 0.15) is 36.1 Å². The summed E-state index contributed by atoms with van der Waals surface area (Å²) in [7, 11) is 0. The first-order valence-electron chi connectivity index (χ1n) is 17.3. The molecule has 0 aliphatic carbocycles. The number of esters is 1. The van der Waals surface area contributed by atoms with Crippen LogP contribution < -0.4 is 4.74 Å². The van der Waals surface area contributed by atoms with Crippen molar-refractivity contribution in [2.24, 2.45) is 0 Å². The number of ether oxygens (including phenoxy) is 1. The summed E-state index contributed by atoms with van der Waals surface area (Å²) in [5, 5.41) is 0. The highest BCUT2D eigenvalue weighted by atomic mass is 16.5. The Kier molecular flexibility index (Phi) is 8.05. The van der Waals surface area contributed by atoms with Crippen molar-refractivity contribution in [3.05, 3.63) is 145 Å². The maximum Gasteiger partial charge on any atom is 0.310 e. The number of carbonyl (C=O) groups is 1. The predicted molar refractivity (Wildman–Crippen MR) is 210 cm³/mol. The highest BCUT2D eigenvalue weighted by Crippen LogP contribution is 2.38. The van der Waals surface area contributed by atoms with Crippen LogP contribution in [0.4, 0.5) is 0 Å². The summed E-state index contributed by atoms with van der Waals surface area (Å²) in [5.74, 6) is 0.213. The number of aromatic nitrogens is 7. The average molecular weight is 690 g/mol. The van der Waals surface area contributed by atoms with Gasteiger partial charge in [-0.3, -0.25) is 19.7 Å². The van der Waals surface area contributed by atoms with Gasteiger partial charge in [0.2, 0.25) is 0 Å². The Morgan fingerprint density at radius 1 is 0.472 bits per heavy atom. The second-order valence-electron chi connectivity index (χ2n) is 12.6. The number of nitrogens with one attached hydrogen (secondary N) is 2. The molecule has 0 radical (unpaired) electrons. The minimum Gasteiger partial charge on any atom is -0.427 e. The van der Waals surface area contributed by atoms with Crippen LogP contribution in [0, 0.1) is 0 Å².